The van der Waals surface area contributed by atoms with Crippen molar-refractivity contribution in [2.45, 2.75) is 0 Å². The second-order valence-electron chi connectivity index (χ2n) is 5.70. The van der Waals surface area contributed by atoms with Crippen LogP contribution < -0.4 is 10.2 Å². The number of carbonyl (C=O) groups excluding carboxylic acids is 2. The first-order chi connectivity index (χ1) is 12.2. The van der Waals surface area contributed by atoms with Crippen molar-refractivity contribution in [1.82, 2.24) is 9.88 Å². The molecular formula is C18H17N5O2. The fraction of sp³-hybridized carbons (Fsp3) is 0.222. The van der Waals surface area contributed by atoms with Crippen LogP contribution in [0, 0.1) is 11.3 Å². The van der Waals surface area contributed by atoms with Gasteiger partial charge in [-0.25, -0.2) is 0 Å². The number of nitrogens with one attached hydrogen (secondary N) is 1. The summed E-state index contributed by atoms with van der Waals surface area (Å²) in [6, 6.07) is 10.5. The summed E-state index contributed by atoms with van der Waals surface area (Å²) in [5.41, 5.74) is 2.47. The van der Waals surface area contributed by atoms with E-state index in [1.54, 1.807) is 41.4 Å². The Morgan fingerprint density at radius 2 is 1.88 bits per heavy atom. The summed E-state index contributed by atoms with van der Waals surface area (Å²) in [6.45, 7) is 2.73. The van der Waals surface area contributed by atoms with Crippen molar-refractivity contribution in [3.63, 3.8) is 0 Å². The highest BCUT2D eigenvalue weighted by Gasteiger charge is 2.17. The first-order valence-corrected chi connectivity index (χ1v) is 7.90. The Kier molecular flexibility index (Phi) is 4.90. The summed E-state index contributed by atoms with van der Waals surface area (Å²) in [7, 11) is 0. The van der Waals surface area contributed by atoms with Gasteiger partial charge >= 0.3 is 0 Å². The molecule has 0 aliphatic carbocycles. The second-order valence-corrected chi connectivity index (χ2v) is 5.70. The van der Waals surface area contributed by atoms with Crippen molar-refractivity contribution in [1.29, 1.82) is 5.26 Å². The topological polar surface area (TPSA) is 89.3 Å². The zero-order chi connectivity index (χ0) is 17.6. The molecule has 126 valence electrons. The molecule has 0 spiro atoms. The van der Waals surface area contributed by atoms with E-state index in [-0.39, 0.29) is 5.91 Å². The lowest BCUT2D eigenvalue weighted by molar-refractivity contribution is -0.118. The lowest BCUT2D eigenvalue weighted by Gasteiger charge is -2.34. The van der Waals surface area contributed by atoms with Crippen LogP contribution in [0.5, 0.6) is 0 Å². The number of hydrogen-bond acceptors (Lipinski definition) is 5. The molecule has 1 saturated heterocycles. The van der Waals surface area contributed by atoms with Crippen LogP contribution >= 0.6 is 0 Å². The quantitative estimate of drug-likeness (QED) is 0.855. The van der Waals surface area contributed by atoms with Gasteiger partial charge in [-0.05, 0) is 30.3 Å². The van der Waals surface area contributed by atoms with Crippen LogP contribution in [-0.2, 0) is 4.79 Å². The molecule has 1 aromatic carbocycles. The average Bonchev–Trinajstić information content (AvgIpc) is 2.68. The Morgan fingerprint density at radius 1 is 1.16 bits per heavy atom. The molecule has 0 bridgehead atoms. The summed E-state index contributed by atoms with van der Waals surface area (Å²) in [5.74, 6) is -0.259. The number of amides is 2. The van der Waals surface area contributed by atoms with E-state index < -0.39 is 0 Å². The van der Waals surface area contributed by atoms with Crippen LogP contribution in [0.15, 0.2) is 42.7 Å². The van der Waals surface area contributed by atoms with E-state index in [0.717, 1.165) is 12.1 Å². The van der Waals surface area contributed by atoms with Crippen molar-refractivity contribution >= 4 is 23.7 Å². The highest BCUT2D eigenvalue weighted by atomic mass is 16.1. The molecule has 7 heteroatoms. The Morgan fingerprint density at radius 3 is 2.52 bits per heavy atom. The normalized spacial score (nSPS) is 13.9. The maximum Gasteiger partial charge on any atom is 0.257 e. The summed E-state index contributed by atoms with van der Waals surface area (Å²) in [4.78, 5) is 31.2. The molecule has 1 aliphatic rings. The number of nitrogens with zero attached hydrogens (tertiary/aromatic N) is 4. The number of aromatic nitrogens is 1. The third-order valence-corrected chi connectivity index (χ3v) is 4.09. The Labute approximate surface area is 145 Å². The first kappa shape index (κ1) is 16.5. The summed E-state index contributed by atoms with van der Waals surface area (Å²) < 4.78 is 0. The standard InChI is InChI=1S/C18H17N5O2/c19-10-14-1-3-16(4-2-14)21-18(25)15-9-17(12-20-11-15)23-7-5-22(13-24)6-8-23/h1-4,9,11-13H,5-8H2,(H,21,25). The maximum atomic E-state index is 12.4. The van der Waals surface area contributed by atoms with E-state index in [2.05, 4.69) is 15.2 Å². The Bertz CT molecular complexity index is 805. The predicted octanol–water partition coefficient (Wildman–Crippen LogP) is 1.48. The Balaban J connectivity index is 1.69. The molecule has 3 rings (SSSR count). The van der Waals surface area contributed by atoms with E-state index in [9.17, 15) is 9.59 Å². The van der Waals surface area contributed by atoms with Gasteiger partial charge in [0, 0.05) is 38.1 Å². The number of hydrogen-bond donors (Lipinski definition) is 1. The highest BCUT2D eigenvalue weighted by Crippen LogP contribution is 2.18. The Hall–Kier alpha value is -3.40. The zero-order valence-corrected chi connectivity index (χ0v) is 13.6. The van der Waals surface area contributed by atoms with Crippen molar-refractivity contribution in [3.05, 3.63) is 53.9 Å². The first-order valence-electron chi connectivity index (χ1n) is 7.90. The van der Waals surface area contributed by atoms with Gasteiger partial charge in [0.2, 0.25) is 6.41 Å². The molecule has 25 heavy (non-hydrogen) atoms. The van der Waals surface area contributed by atoms with Gasteiger partial charge in [0.05, 0.1) is 29.1 Å². The van der Waals surface area contributed by atoms with Crippen molar-refractivity contribution in [2.24, 2.45) is 0 Å². The van der Waals surface area contributed by atoms with Crippen LogP contribution in [0.25, 0.3) is 0 Å². The van der Waals surface area contributed by atoms with Gasteiger partial charge in [0.25, 0.3) is 5.91 Å². The number of rotatable bonds is 4. The van der Waals surface area contributed by atoms with Gasteiger partial charge < -0.3 is 15.1 Å². The molecule has 1 fully saturated rings. The third-order valence-electron chi connectivity index (χ3n) is 4.09. The number of nitriles is 1. The third kappa shape index (κ3) is 3.93. The fourth-order valence-electron chi connectivity index (χ4n) is 2.64. The monoisotopic (exact) mass is 335 g/mol. The van der Waals surface area contributed by atoms with Crippen molar-refractivity contribution < 1.29 is 9.59 Å². The number of anilines is 2. The summed E-state index contributed by atoms with van der Waals surface area (Å²) in [6.07, 6.45) is 4.09. The minimum absolute atomic E-state index is 0.259. The maximum absolute atomic E-state index is 12.4. The van der Waals surface area contributed by atoms with Crippen LogP contribution in [0.2, 0.25) is 0 Å². The minimum Gasteiger partial charge on any atom is -0.367 e. The molecule has 1 aliphatic heterocycles. The zero-order valence-electron chi connectivity index (χ0n) is 13.6. The van der Waals surface area contributed by atoms with E-state index in [0.29, 0.717) is 43.0 Å². The SMILES string of the molecule is N#Cc1ccc(NC(=O)c2cncc(N3CCN(C=O)CC3)c2)cc1. The fourth-order valence-corrected chi connectivity index (χ4v) is 2.64. The van der Waals surface area contributed by atoms with Crippen LogP contribution in [0.1, 0.15) is 15.9 Å². The van der Waals surface area contributed by atoms with Crippen LogP contribution in [0.4, 0.5) is 11.4 Å². The number of pyridine rings is 1. The van der Waals surface area contributed by atoms with Crippen LogP contribution in [0.3, 0.4) is 0 Å². The highest BCUT2D eigenvalue weighted by molar-refractivity contribution is 6.04. The van der Waals surface area contributed by atoms with Gasteiger partial charge in [-0.2, -0.15) is 5.26 Å². The lowest BCUT2D eigenvalue weighted by atomic mass is 10.2. The number of piperazine rings is 1. The van der Waals surface area contributed by atoms with Crippen LogP contribution in [-0.4, -0.2) is 48.4 Å². The molecule has 0 saturated carbocycles. The molecule has 2 amide bonds. The number of benzene rings is 1. The molecule has 7 nitrogen and oxygen atoms in total. The predicted molar refractivity (Wildman–Crippen MR) is 93.2 cm³/mol. The molecule has 0 atom stereocenters. The molecule has 2 aromatic rings. The smallest absolute Gasteiger partial charge is 0.257 e. The number of carbonyl (C=O) groups is 2. The van der Waals surface area contributed by atoms with Gasteiger partial charge in [0.1, 0.15) is 0 Å². The van der Waals surface area contributed by atoms with Gasteiger partial charge in [-0.15, -0.1) is 0 Å². The minimum atomic E-state index is -0.259. The molecule has 0 unspecified atom stereocenters. The van der Waals surface area contributed by atoms with E-state index in [1.807, 2.05) is 6.07 Å². The second kappa shape index (κ2) is 7.45. The van der Waals surface area contributed by atoms with Gasteiger partial charge in [-0.1, -0.05) is 0 Å². The molecule has 1 N–H and O–H groups in total. The van der Waals surface area contributed by atoms with E-state index >= 15 is 0 Å². The lowest BCUT2D eigenvalue weighted by Crippen LogP contribution is -2.45. The van der Waals surface area contributed by atoms with Gasteiger partial charge in [-0.3, -0.25) is 14.6 Å². The van der Waals surface area contributed by atoms with E-state index in [4.69, 9.17) is 5.26 Å². The van der Waals surface area contributed by atoms with Crippen molar-refractivity contribution in [2.75, 3.05) is 36.4 Å². The molecule has 2 heterocycles. The summed E-state index contributed by atoms with van der Waals surface area (Å²) in [5, 5.41) is 11.6. The van der Waals surface area contributed by atoms with Crippen molar-refractivity contribution in [3.8, 4) is 6.07 Å². The molecule has 1 aromatic heterocycles. The largest absolute Gasteiger partial charge is 0.367 e. The summed E-state index contributed by atoms with van der Waals surface area (Å²) >= 11 is 0. The average molecular weight is 335 g/mol. The molecular weight excluding hydrogens is 318 g/mol. The van der Waals surface area contributed by atoms with E-state index in [1.165, 1.54) is 6.20 Å². The molecule has 0 radical (unpaired) electrons. The van der Waals surface area contributed by atoms with Gasteiger partial charge in [0.15, 0.2) is 0 Å².